The number of anilines is 6. The molecule has 10 heteroatoms. The topological polar surface area (TPSA) is 127 Å². The summed E-state index contributed by atoms with van der Waals surface area (Å²) in [6, 6.07) is 15.0. The van der Waals surface area contributed by atoms with Crippen molar-refractivity contribution in [2.75, 3.05) is 47.3 Å². The molecule has 1 fully saturated rings. The van der Waals surface area contributed by atoms with Crippen LogP contribution < -0.4 is 26.6 Å². The number of ether oxygens (including phenoxy) is 1. The number of hydrogen-bond donors (Lipinski definition) is 5. The van der Waals surface area contributed by atoms with Crippen LogP contribution in [0.2, 0.25) is 0 Å². The number of pyridine rings is 3. The Labute approximate surface area is 189 Å². The Morgan fingerprint density at radius 2 is 1.76 bits per heavy atom. The van der Waals surface area contributed by atoms with Gasteiger partial charge in [0.1, 0.15) is 17.5 Å². The Kier molecular flexibility index (Phi) is 5.75. The Hall–Kier alpha value is -4.15. The van der Waals surface area contributed by atoms with Gasteiger partial charge in [-0.15, -0.1) is 0 Å². The first kappa shape index (κ1) is 20.7. The second kappa shape index (κ2) is 9.15. The van der Waals surface area contributed by atoms with Gasteiger partial charge in [-0.2, -0.15) is 0 Å². The van der Waals surface area contributed by atoms with Crippen molar-refractivity contribution in [2.24, 2.45) is 0 Å². The van der Waals surface area contributed by atoms with Gasteiger partial charge in [-0.3, -0.25) is 15.5 Å². The van der Waals surface area contributed by atoms with Crippen molar-refractivity contribution in [3.8, 4) is 0 Å². The molecule has 1 aliphatic rings. The summed E-state index contributed by atoms with van der Waals surface area (Å²) in [6.45, 7) is 3.19. The van der Waals surface area contributed by atoms with Gasteiger partial charge in [0.2, 0.25) is 0 Å². The van der Waals surface area contributed by atoms with Crippen LogP contribution in [0, 0.1) is 0 Å². The summed E-state index contributed by atoms with van der Waals surface area (Å²) in [4.78, 5) is 26.4. The number of hydrogen-bond acceptors (Lipinski definition) is 9. The third-order valence-electron chi connectivity index (χ3n) is 5.41. The van der Waals surface area contributed by atoms with Crippen LogP contribution in [-0.2, 0) is 4.74 Å². The second-order valence-corrected chi connectivity index (χ2v) is 7.57. The molecule has 0 saturated carbocycles. The Bertz CT molecular complexity index is 1300. The molecule has 3 aromatic heterocycles. The standard InChI is InChI=1S/C23H23N7O3/c31-23-21-15(7-8-24-23)13-20(27-19-6-3-17(29-32)14-25-19)28-22(21)26-16-1-4-18(5-2-16)30-9-11-33-12-10-30/h1-8,13-14,29,32H,9-12H2,(H,24,31)(H2,25,26,27,28). The minimum atomic E-state index is -0.226. The van der Waals surface area contributed by atoms with E-state index in [1.807, 2.05) is 35.8 Å². The highest BCUT2D eigenvalue weighted by atomic mass is 16.5. The molecule has 0 bridgehead atoms. The van der Waals surface area contributed by atoms with Crippen molar-refractivity contribution < 1.29 is 9.94 Å². The van der Waals surface area contributed by atoms with Crippen LogP contribution in [0.25, 0.3) is 10.8 Å². The summed E-state index contributed by atoms with van der Waals surface area (Å²) in [7, 11) is 0. The lowest BCUT2D eigenvalue weighted by molar-refractivity contribution is 0.122. The largest absolute Gasteiger partial charge is 0.378 e. The molecule has 5 N–H and O–H groups in total. The zero-order valence-corrected chi connectivity index (χ0v) is 17.7. The van der Waals surface area contributed by atoms with Crippen LogP contribution in [0.5, 0.6) is 0 Å². The summed E-state index contributed by atoms with van der Waals surface area (Å²) in [6.07, 6.45) is 3.10. The number of aromatic nitrogens is 3. The molecule has 1 saturated heterocycles. The molecule has 0 spiro atoms. The maximum absolute atomic E-state index is 12.6. The minimum absolute atomic E-state index is 0.226. The Morgan fingerprint density at radius 1 is 0.970 bits per heavy atom. The zero-order chi connectivity index (χ0) is 22.6. The summed E-state index contributed by atoms with van der Waals surface area (Å²) < 4.78 is 5.42. The molecule has 1 aliphatic heterocycles. The number of rotatable bonds is 6. The van der Waals surface area contributed by atoms with E-state index in [-0.39, 0.29) is 5.56 Å². The van der Waals surface area contributed by atoms with Crippen molar-refractivity contribution in [1.29, 1.82) is 0 Å². The van der Waals surface area contributed by atoms with Crippen molar-refractivity contribution in [2.45, 2.75) is 0 Å². The molecule has 10 nitrogen and oxygen atoms in total. The van der Waals surface area contributed by atoms with Crippen LogP contribution in [-0.4, -0.2) is 46.5 Å². The molecule has 33 heavy (non-hydrogen) atoms. The van der Waals surface area contributed by atoms with E-state index in [0.717, 1.165) is 43.1 Å². The number of morpholine rings is 1. The van der Waals surface area contributed by atoms with Gasteiger partial charge in [-0.05, 0) is 53.9 Å². The molecular formula is C23H23N7O3. The van der Waals surface area contributed by atoms with Crippen LogP contribution in [0.3, 0.4) is 0 Å². The van der Waals surface area contributed by atoms with Gasteiger partial charge in [0.05, 0.1) is 30.5 Å². The van der Waals surface area contributed by atoms with Gasteiger partial charge < -0.3 is 25.3 Å². The van der Waals surface area contributed by atoms with Gasteiger partial charge >= 0.3 is 0 Å². The highest BCUT2D eigenvalue weighted by Gasteiger charge is 2.13. The number of fused-ring (bicyclic) bond motifs is 1. The molecule has 4 aromatic rings. The lowest BCUT2D eigenvalue weighted by Gasteiger charge is -2.28. The molecule has 5 rings (SSSR count). The first-order valence-electron chi connectivity index (χ1n) is 10.5. The Balaban J connectivity index is 1.45. The predicted molar refractivity (Wildman–Crippen MR) is 128 cm³/mol. The van der Waals surface area contributed by atoms with Crippen LogP contribution in [0.15, 0.2) is 65.7 Å². The van der Waals surface area contributed by atoms with Gasteiger partial charge in [0.15, 0.2) is 0 Å². The highest BCUT2D eigenvalue weighted by molar-refractivity contribution is 5.94. The Morgan fingerprint density at radius 3 is 2.48 bits per heavy atom. The minimum Gasteiger partial charge on any atom is -0.378 e. The maximum Gasteiger partial charge on any atom is 0.259 e. The van der Waals surface area contributed by atoms with Crippen molar-refractivity contribution in [1.82, 2.24) is 15.0 Å². The fourth-order valence-electron chi connectivity index (χ4n) is 3.75. The summed E-state index contributed by atoms with van der Waals surface area (Å²) >= 11 is 0. The molecule has 0 unspecified atom stereocenters. The molecule has 0 amide bonds. The van der Waals surface area contributed by atoms with E-state index in [1.54, 1.807) is 24.4 Å². The van der Waals surface area contributed by atoms with E-state index in [0.29, 0.717) is 28.5 Å². The quantitative estimate of drug-likeness (QED) is 0.284. The molecule has 4 heterocycles. The maximum atomic E-state index is 12.6. The second-order valence-electron chi connectivity index (χ2n) is 7.57. The lowest BCUT2D eigenvalue weighted by Crippen LogP contribution is -2.36. The average molecular weight is 445 g/mol. The fraction of sp³-hybridized carbons (Fsp3) is 0.174. The van der Waals surface area contributed by atoms with E-state index >= 15 is 0 Å². The number of benzene rings is 1. The first-order chi connectivity index (χ1) is 16.2. The third kappa shape index (κ3) is 4.56. The van der Waals surface area contributed by atoms with E-state index in [9.17, 15) is 4.79 Å². The molecule has 168 valence electrons. The van der Waals surface area contributed by atoms with Gasteiger partial charge in [0.25, 0.3) is 5.56 Å². The zero-order valence-electron chi connectivity index (χ0n) is 17.7. The summed E-state index contributed by atoms with van der Waals surface area (Å²) in [5.74, 6) is 1.51. The number of nitrogens with one attached hydrogen (secondary N) is 4. The van der Waals surface area contributed by atoms with Gasteiger partial charge in [-0.1, -0.05) is 0 Å². The van der Waals surface area contributed by atoms with Crippen LogP contribution >= 0.6 is 0 Å². The summed E-state index contributed by atoms with van der Waals surface area (Å²) in [5, 5.41) is 16.6. The fourth-order valence-corrected chi connectivity index (χ4v) is 3.75. The lowest BCUT2D eigenvalue weighted by atomic mass is 10.2. The van der Waals surface area contributed by atoms with Gasteiger partial charge in [-0.25, -0.2) is 9.97 Å². The number of nitrogens with zero attached hydrogens (tertiary/aromatic N) is 3. The third-order valence-corrected chi connectivity index (χ3v) is 5.41. The molecule has 0 radical (unpaired) electrons. The predicted octanol–water partition coefficient (Wildman–Crippen LogP) is 3.44. The van der Waals surface area contributed by atoms with Crippen molar-refractivity contribution >= 4 is 45.3 Å². The van der Waals surface area contributed by atoms with E-state index in [1.165, 1.54) is 6.20 Å². The number of aromatic amines is 1. The molecule has 0 atom stereocenters. The smallest absolute Gasteiger partial charge is 0.259 e. The van der Waals surface area contributed by atoms with Crippen LogP contribution in [0.1, 0.15) is 0 Å². The average Bonchev–Trinajstić information content (AvgIpc) is 2.85. The first-order valence-corrected chi connectivity index (χ1v) is 10.5. The molecule has 1 aromatic carbocycles. The van der Waals surface area contributed by atoms with E-state index in [2.05, 4.69) is 30.5 Å². The number of H-pyrrole nitrogens is 1. The van der Waals surface area contributed by atoms with Crippen molar-refractivity contribution in [3.63, 3.8) is 0 Å². The highest BCUT2D eigenvalue weighted by Crippen LogP contribution is 2.27. The van der Waals surface area contributed by atoms with Crippen LogP contribution in [0.4, 0.5) is 34.5 Å². The molecular weight excluding hydrogens is 422 g/mol. The van der Waals surface area contributed by atoms with E-state index < -0.39 is 0 Å². The normalized spacial score (nSPS) is 13.7. The summed E-state index contributed by atoms with van der Waals surface area (Å²) in [5.41, 5.74) is 4.24. The van der Waals surface area contributed by atoms with Gasteiger partial charge in [0, 0.05) is 30.7 Å². The molecule has 0 aliphatic carbocycles. The monoisotopic (exact) mass is 445 g/mol. The van der Waals surface area contributed by atoms with Crippen molar-refractivity contribution in [3.05, 3.63) is 71.3 Å². The SMILES string of the molecule is O=c1[nH]ccc2cc(Nc3ccc(NO)cn3)nc(Nc3ccc(N4CCOCC4)cc3)c12. The van der Waals surface area contributed by atoms with E-state index in [4.69, 9.17) is 9.94 Å².